The molecule has 1 atom stereocenters. The quantitative estimate of drug-likeness (QED) is 0.160. The Hall–Kier alpha value is -2.89. The Kier molecular flexibility index (Phi) is 16.6. The summed E-state index contributed by atoms with van der Waals surface area (Å²) in [5, 5.41) is 0. The Morgan fingerprint density at radius 3 is 1.56 bits per heavy atom. The molecular weight excluding hydrogens is 656 g/mol. The van der Waals surface area contributed by atoms with Gasteiger partial charge in [-0.05, 0) is 17.3 Å². The Bertz CT molecular complexity index is 1480. The van der Waals surface area contributed by atoms with Gasteiger partial charge in [-0.3, -0.25) is 6.08 Å². The van der Waals surface area contributed by atoms with Crippen LogP contribution in [0.4, 0.5) is 0 Å². The molecule has 0 saturated heterocycles. The predicted octanol–water partition coefficient (Wildman–Crippen LogP) is 12.7. The van der Waals surface area contributed by atoms with Crippen molar-refractivity contribution in [1.29, 1.82) is 0 Å². The maximum absolute atomic E-state index is 3.57. The van der Waals surface area contributed by atoms with E-state index in [1.165, 1.54) is 75.2 Å². The number of fused-ring (bicyclic) bond motifs is 3. The molecule has 0 aliphatic heterocycles. The van der Waals surface area contributed by atoms with Crippen molar-refractivity contribution >= 4 is 4.21 Å². The summed E-state index contributed by atoms with van der Waals surface area (Å²) in [5.74, 6) is 0.573. The fourth-order valence-electron chi connectivity index (χ4n) is 5.63. The fourth-order valence-corrected chi connectivity index (χ4v) is 5.63. The third-order valence-corrected chi connectivity index (χ3v) is 8.44. The molecule has 0 nitrogen and oxygen atoms in total. The monoisotopic (exact) mass is 712 g/mol. The molecule has 0 N–H and O–H groups in total. The molecule has 48 heavy (non-hydrogen) atoms. The number of benzene rings is 4. The van der Waals surface area contributed by atoms with E-state index < -0.39 is 0 Å². The number of rotatable bonds is 2. The van der Waals surface area contributed by atoms with Crippen LogP contribution in [0.3, 0.4) is 0 Å². The number of hydrogen-bond donors (Lipinski definition) is 0. The van der Waals surface area contributed by atoms with E-state index in [9.17, 15) is 0 Å². The first kappa shape index (κ1) is 41.3. The molecule has 2 aliphatic carbocycles. The average molecular weight is 714 g/mol. The van der Waals surface area contributed by atoms with Crippen LogP contribution in [0.25, 0.3) is 11.1 Å². The molecule has 0 amide bonds. The average Bonchev–Trinajstić information content (AvgIpc) is 3.69. The van der Waals surface area contributed by atoms with Crippen LogP contribution in [0.2, 0.25) is 0 Å². The van der Waals surface area contributed by atoms with E-state index in [4.69, 9.17) is 0 Å². The van der Waals surface area contributed by atoms with Crippen LogP contribution >= 0.6 is 0 Å². The second-order valence-electron chi connectivity index (χ2n) is 15.3. The van der Waals surface area contributed by atoms with Gasteiger partial charge in [0.15, 0.2) is 0 Å². The molecule has 4 aromatic rings. The summed E-state index contributed by atoms with van der Waals surface area (Å²) in [6, 6.07) is 40.4. The molecule has 0 radical (unpaired) electrons. The van der Waals surface area contributed by atoms with Crippen LogP contribution in [0.5, 0.6) is 0 Å². The molecule has 0 spiro atoms. The predicted molar refractivity (Wildman–Crippen MR) is 207 cm³/mol. The Morgan fingerprint density at radius 2 is 1.15 bits per heavy atom. The molecule has 2 aliphatic rings. The standard InChI is InChI=1S/C13H9.C13H21.2C10H13.CH2.Zr/c1-3-7-12-10(5-1)9-11-6-2-4-8-13(11)12;1-6-10-8-11(7-2)12(9-10)13(3,4)5;2*1-10(2,3)9-7-5-4-6-8-9;;/h1-5,7-8H,9H2;9-10H,6-7H2,1-5H3;2*5-8H,1-3H3;1H2;/q4*-1;;. The zero-order valence-electron chi connectivity index (χ0n) is 31.6. The van der Waals surface area contributed by atoms with Gasteiger partial charge in [0.1, 0.15) is 0 Å². The topological polar surface area (TPSA) is 0 Å². The van der Waals surface area contributed by atoms with Gasteiger partial charge in [-0.1, -0.05) is 136 Å². The Labute approximate surface area is 310 Å². The maximum Gasteiger partial charge on any atom is -0.0253 e. The van der Waals surface area contributed by atoms with Gasteiger partial charge in [0.2, 0.25) is 0 Å². The minimum atomic E-state index is 0.273. The van der Waals surface area contributed by atoms with E-state index >= 15 is 0 Å². The fraction of sp³-hybridized carbons (Fsp3) is 0.383. The van der Waals surface area contributed by atoms with Gasteiger partial charge in [-0.2, -0.15) is 113 Å². The second-order valence-corrected chi connectivity index (χ2v) is 15.3. The normalized spacial score (nSPS) is 14.4. The zero-order valence-corrected chi connectivity index (χ0v) is 34.1. The van der Waals surface area contributed by atoms with Crippen molar-refractivity contribution in [2.75, 3.05) is 0 Å². The molecule has 254 valence electrons. The first-order valence-corrected chi connectivity index (χ1v) is 19.1. The molecule has 4 aromatic carbocycles. The van der Waals surface area contributed by atoms with Gasteiger partial charge in [-0.15, -0.1) is 5.56 Å². The maximum atomic E-state index is 3.57. The summed E-state index contributed by atoms with van der Waals surface area (Å²) in [6.45, 7) is 24.6. The summed E-state index contributed by atoms with van der Waals surface area (Å²) in [5.41, 5.74) is 12.0. The van der Waals surface area contributed by atoms with E-state index in [2.05, 4.69) is 171 Å². The molecule has 0 bridgehead atoms. The van der Waals surface area contributed by atoms with Crippen molar-refractivity contribution in [3.63, 3.8) is 0 Å². The first-order valence-electron chi connectivity index (χ1n) is 17.4. The van der Waals surface area contributed by atoms with Crippen LogP contribution in [-0.4, -0.2) is 4.21 Å². The molecule has 6 rings (SSSR count). The molecule has 0 heterocycles. The number of allylic oxidation sites excluding steroid dienone is 4. The van der Waals surface area contributed by atoms with Gasteiger partial charge in [0, 0.05) is 0 Å². The van der Waals surface area contributed by atoms with Gasteiger partial charge < -0.3 is 0 Å². The van der Waals surface area contributed by atoms with Crippen molar-refractivity contribution < 1.29 is 24.2 Å². The third kappa shape index (κ3) is 12.9. The van der Waals surface area contributed by atoms with E-state index in [0.717, 1.165) is 12.8 Å². The van der Waals surface area contributed by atoms with E-state index in [0.29, 0.717) is 11.3 Å². The molecule has 0 saturated carbocycles. The van der Waals surface area contributed by atoms with Crippen molar-refractivity contribution in [3.05, 3.63) is 155 Å². The van der Waals surface area contributed by atoms with Crippen LogP contribution in [0, 0.1) is 35.6 Å². The summed E-state index contributed by atoms with van der Waals surface area (Å²) >= 11 is 1.30. The van der Waals surface area contributed by atoms with Gasteiger partial charge in [0.25, 0.3) is 0 Å². The summed E-state index contributed by atoms with van der Waals surface area (Å²) < 4.78 is 3.34. The van der Waals surface area contributed by atoms with Crippen molar-refractivity contribution in [2.24, 2.45) is 11.3 Å². The van der Waals surface area contributed by atoms with Crippen molar-refractivity contribution in [2.45, 2.75) is 106 Å². The smallest absolute Gasteiger partial charge is 0.0253 e. The molecular formula is C47H58Zr-4. The molecule has 1 heteroatoms. The Balaban J connectivity index is 0.000000220. The van der Waals surface area contributed by atoms with Crippen LogP contribution in [-0.2, 0) is 41.5 Å². The second kappa shape index (κ2) is 19.3. The van der Waals surface area contributed by atoms with Crippen LogP contribution in [0.15, 0.2) is 108 Å². The summed E-state index contributed by atoms with van der Waals surface area (Å²) in [4.78, 5) is 0. The van der Waals surface area contributed by atoms with E-state index in [1.54, 1.807) is 0 Å². The number of hydrogen-bond acceptors (Lipinski definition) is 0. The Morgan fingerprint density at radius 1 is 0.646 bits per heavy atom. The van der Waals surface area contributed by atoms with Crippen molar-refractivity contribution in [3.8, 4) is 11.1 Å². The molecule has 0 fully saturated rings. The zero-order chi connectivity index (χ0) is 36.0. The van der Waals surface area contributed by atoms with Crippen LogP contribution < -0.4 is 0 Å². The third-order valence-electron chi connectivity index (χ3n) is 8.44. The largest absolute Gasteiger partial charge is 0.179 e. The van der Waals surface area contributed by atoms with Crippen LogP contribution in [0.1, 0.15) is 111 Å². The minimum absolute atomic E-state index is 0.273. The van der Waals surface area contributed by atoms with E-state index in [-0.39, 0.29) is 10.8 Å². The van der Waals surface area contributed by atoms with Gasteiger partial charge >= 0.3 is 28.4 Å². The minimum Gasteiger partial charge on any atom is -0.179 e. The van der Waals surface area contributed by atoms with Gasteiger partial charge in [0.05, 0.1) is 0 Å². The molecule has 1 unspecified atom stereocenters. The molecule has 0 aromatic heterocycles. The summed E-state index contributed by atoms with van der Waals surface area (Å²) in [6.07, 6.45) is 9.33. The summed E-state index contributed by atoms with van der Waals surface area (Å²) in [7, 11) is 0. The van der Waals surface area contributed by atoms with Gasteiger partial charge in [-0.25, -0.2) is 5.57 Å². The van der Waals surface area contributed by atoms with Crippen molar-refractivity contribution in [1.82, 2.24) is 0 Å². The first-order chi connectivity index (χ1) is 22.6. The SMILES string of the molecule is CC(C)(C)c1cc[c-]cc1.CC(C)(C)c1cc[c-]cc1.CCC1=[C-]C(CC)C=C1C(C)(C)C.[CH2]=[Zr].[c-]1cccc2c1Cc1ccccc1-2. The van der Waals surface area contributed by atoms with E-state index in [1.807, 2.05) is 30.3 Å².